The highest BCUT2D eigenvalue weighted by atomic mass is 16.5. The Morgan fingerprint density at radius 2 is 2.03 bits per heavy atom. The maximum absolute atomic E-state index is 12.1. The Labute approximate surface area is 178 Å². The van der Waals surface area contributed by atoms with Crippen LogP contribution in [0.25, 0.3) is 22.3 Å². The summed E-state index contributed by atoms with van der Waals surface area (Å²) in [5.74, 6) is 4.65. The van der Waals surface area contributed by atoms with E-state index < -0.39 is 17.5 Å². The lowest BCUT2D eigenvalue weighted by atomic mass is 10.0. The lowest BCUT2D eigenvalue weighted by molar-refractivity contribution is -0.137. The third kappa shape index (κ3) is 3.79. The van der Waals surface area contributed by atoms with Gasteiger partial charge < -0.3 is 19.8 Å². The second kappa shape index (κ2) is 7.70. The van der Waals surface area contributed by atoms with Gasteiger partial charge in [-0.25, -0.2) is 14.8 Å². The monoisotopic (exact) mass is 417 g/mol. The van der Waals surface area contributed by atoms with Gasteiger partial charge in [0.05, 0.1) is 12.6 Å². The van der Waals surface area contributed by atoms with Gasteiger partial charge in [-0.1, -0.05) is 24.0 Å². The summed E-state index contributed by atoms with van der Waals surface area (Å²) in [5.41, 5.74) is -0.255. The van der Waals surface area contributed by atoms with E-state index in [1.807, 2.05) is 0 Å². The van der Waals surface area contributed by atoms with Gasteiger partial charge in [-0.3, -0.25) is 4.79 Å². The fourth-order valence-corrected chi connectivity index (χ4v) is 3.41. The molecule has 0 unspecified atom stereocenters. The van der Waals surface area contributed by atoms with Crippen molar-refractivity contribution in [1.82, 2.24) is 14.9 Å². The zero-order valence-corrected chi connectivity index (χ0v) is 16.9. The summed E-state index contributed by atoms with van der Waals surface area (Å²) in [4.78, 5) is 34.1. The number of aromatic nitrogens is 2. The largest absolute Gasteiger partial charge is 0.497 e. The summed E-state index contributed by atoms with van der Waals surface area (Å²) in [6, 6.07) is 11.8. The number of likely N-dealkylation sites (tertiary alicyclic amines) is 1. The number of aromatic carboxylic acids is 1. The van der Waals surface area contributed by atoms with Crippen LogP contribution in [0.2, 0.25) is 0 Å². The zero-order chi connectivity index (χ0) is 22.2. The third-order valence-electron chi connectivity index (χ3n) is 5.15. The van der Waals surface area contributed by atoms with E-state index in [4.69, 9.17) is 4.74 Å². The van der Waals surface area contributed by atoms with Crippen LogP contribution in [0.5, 0.6) is 5.75 Å². The summed E-state index contributed by atoms with van der Waals surface area (Å²) < 4.78 is 5.17. The van der Waals surface area contributed by atoms with Crippen molar-refractivity contribution >= 4 is 22.8 Å². The number of carbonyl (C=O) groups excluding carboxylic acids is 1. The number of fused-ring (bicyclic) bond motifs is 1. The number of carboxylic acid groups (broad SMARTS) is 1. The Morgan fingerprint density at radius 3 is 2.71 bits per heavy atom. The number of benzene rings is 2. The highest BCUT2D eigenvalue weighted by Crippen LogP contribution is 2.26. The Hall–Kier alpha value is -3.96. The number of carbonyl (C=O) groups is 2. The van der Waals surface area contributed by atoms with E-state index >= 15 is 0 Å². The van der Waals surface area contributed by atoms with Crippen LogP contribution in [-0.4, -0.2) is 63.3 Å². The SMILES string of the molecule is COc1ccc2nc(-c3cccc(C#C[C@]4(O)CCN(C)C4=O)c3)nc(C(=O)O)c2c1. The van der Waals surface area contributed by atoms with Crippen molar-refractivity contribution in [2.75, 3.05) is 20.7 Å². The molecule has 31 heavy (non-hydrogen) atoms. The first-order chi connectivity index (χ1) is 14.8. The number of likely N-dealkylation sites (N-methyl/N-ethyl adjacent to an activating group) is 1. The number of methoxy groups -OCH3 is 1. The third-order valence-corrected chi connectivity index (χ3v) is 5.15. The van der Waals surface area contributed by atoms with Crippen molar-refractivity contribution in [2.24, 2.45) is 0 Å². The van der Waals surface area contributed by atoms with E-state index in [0.717, 1.165) is 0 Å². The molecule has 2 N–H and O–H groups in total. The van der Waals surface area contributed by atoms with Gasteiger partial charge in [-0.2, -0.15) is 0 Å². The quantitative estimate of drug-likeness (QED) is 0.626. The number of carboxylic acids is 1. The molecule has 8 nitrogen and oxygen atoms in total. The molecule has 0 spiro atoms. The fourth-order valence-electron chi connectivity index (χ4n) is 3.41. The van der Waals surface area contributed by atoms with E-state index in [1.54, 1.807) is 49.5 Å². The van der Waals surface area contributed by atoms with E-state index in [0.29, 0.717) is 34.3 Å². The topological polar surface area (TPSA) is 113 Å². The average molecular weight is 417 g/mol. The Morgan fingerprint density at radius 1 is 1.23 bits per heavy atom. The van der Waals surface area contributed by atoms with Crippen LogP contribution in [-0.2, 0) is 4.79 Å². The molecule has 156 valence electrons. The molecule has 1 fully saturated rings. The summed E-state index contributed by atoms with van der Waals surface area (Å²) in [5, 5.41) is 20.5. The molecule has 1 aliphatic rings. The minimum absolute atomic E-state index is 0.135. The first-order valence-corrected chi connectivity index (χ1v) is 9.51. The van der Waals surface area contributed by atoms with Crippen LogP contribution >= 0.6 is 0 Å². The van der Waals surface area contributed by atoms with Gasteiger partial charge >= 0.3 is 5.97 Å². The lowest BCUT2D eigenvalue weighted by Gasteiger charge is -2.13. The average Bonchev–Trinajstić information content (AvgIpc) is 3.04. The van der Waals surface area contributed by atoms with Gasteiger partial charge in [0.2, 0.25) is 5.60 Å². The van der Waals surface area contributed by atoms with Crippen LogP contribution in [0.15, 0.2) is 42.5 Å². The van der Waals surface area contributed by atoms with E-state index in [9.17, 15) is 19.8 Å². The molecule has 2 aromatic carbocycles. The van der Waals surface area contributed by atoms with Crippen LogP contribution in [0.1, 0.15) is 22.5 Å². The molecule has 1 aromatic heterocycles. The molecule has 0 bridgehead atoms. The van der Waals surface area contributed by atoms with Gasteiger partial charge in [0.1, 0.15) is 5.75 Å². The van der Waals surface area contributed by atoms with Crippen LogP contribution in [0, 0.1) is 11.8 Å². The first-order valence-electron chi connectivity index (χ1n) is 9.51. The Balaban J connectivity index is 1.75. The van der Waals surface area contributed by atoms with Crippen molar-refractivity contribution < 1.29 is 24.5 Å². The highest BCUT2D eigenvalue weighted by Gasteiger charge is 2.42. The second-order valence-corrected chi connectivity index (χ2v) is 7.25. The number of nitrogens with zero attached hydrogens (tertiary/aromatic N) is 3. The maximum Gasteiger partial charge on any atom is 0.355 e. The van der Waals surface area contributed by atoms with E-state index in [1.165, 1.54) is 12.0 Å². The molecule has 2 heterocycles. The van der Waals surface area contributed by atoms with Crippen molar-refractivity contribution in [3.63, 3.8) is 0 Å². The second-order valence-electron chi connectivity index (χ2n) is 7.25. The summed E-state index contributed by atoms with van der Waals surface area (Å²) >= 11 is 0. The molecular weight excluding hydrogens is 398 g/mol. The molecular formula is C23H19N3O5. The van der Waals surface area contributed by atoms with Crippen molar-refractivity contribution in [3.05, 3.63) is 53.7 Å². The molecule has 1 atom stereocenters. The van der Waals surface area contributed by atoms with Crippen LogP contribution in [0.4, 0.5) is 0 Å². The predicted molar refractivity (Wildman–Crippen MR) is 113 cm³/mol. The van der Waals surface area contributed by atoms with Crippen LogP contribution < -0.4 is 4.74 Å². The van der Waals surface area contributed by atoms with Gasteiger partial charge in [0.25, 0.3) is 5.91 Å². The zero-order valence-electron chi connectivity index (χ0n) is 16.9. The standard InChI is InChI=1S/C23H19N3O5/c1-26-11-10-23(30,22(26)29)9-8-14-4-3-5-15(12-14)20-24-18-7-6-16(31-2)13-17(18)19(25-20)21(27)28/h3-7,12-13,30H,10-11H2,1-2H3,(H,27,28)/t23-/m0/s1. The number of ether oxygens (including phenoxy) is 1. The Kier molecular flexibility index (Phi) is 5.05. The van der Waals surface area contributed by atoms with Gasteiger partial charge in [-0.15, -0.1) is 0 Å². The van der Waals surface area contributed by atoms with E-state index in [-0.39, 0.29) is 17.9 Å². The van der Waals surface area contributed by atoms with Gasteiger partial charge in [0, 0.05) is 36.5 Å². The summed E-state index contributed by atoms with van der Waals surface area (Å²) in [7, 11) is 3.12. The summed E-state index contributed by atoms with van der Waals surface area (Å²) in [6.07, 6.45) is 0.244. The molecule has 1 saturated heterocycles. The maximum atomic E-state index is 12.1. The van der Waals surface area contributed by atoms with E-state index in [2.05, 4.69) is 21.8 Å². The predicted octanol–water partition coefficient (Wildman–Crippen LogP) is 1.95. The molecule has 0 radical (unpaired) electrons. The number of amides is 1. The molecule has 0 aliphatic carbocycles. The van der Waals surface area contributed by atoms with Crippen molar-refractivity contribution in [3.8, 4) is 29.0 Å². The van der Waals surface area contributed by atoms with Gasteiger partial charge in [0.15, 0.2) is 11.5 Å². The number of hydrogen-bond acceptors (Lipinski definition) is 6. The Bertz CT molecular complexity index is 1280. The molecule has 0 saturated carbocycles. The molecule has 8 heteroatoms. The minimum atomic E-state index is -1.69. The molecule has 4 rings (SSSR count). The number of hydrogen-bond donors (Lipinski definition) is 2. The molecule has 1 amide bonds. The smallest absolute Gasteiger partial charge is 0.355 e. The van der Waals surface area contributed by atoms with Crippen molar-refractivity contribution in [1.29, 1.82) is 0 Å². The minimum Gasteiger partial charge on any atom is -0.497 e. The molecule has 3 aromatic rings. The number of aliphatic hydroxyl groups is 1. The highest BCUT2D eigenvalue weighted by molar-refractivity contribution is 6.01. The van der Waals surface area contributed by atoms with Crippen LogP contribution in [0.3, 0.4) is 0 Å². The lowest BCUT2D eigenvalue weighted by Crippen LogP contribution is -2.37. The van der Waals surface area contributed by atoms with Crippen molar-refractivity contribution in [2.45, 2.75) is 12.0 Å². The fraction of sp³-hybridized carbons (Fsp3) is 0.217. The number of rotatable bonds is 3. The first kappa shape index (κ1) is 20.3. The normalized spacial score (nSPS) is 18.0. The summed E-state index contributed by atoms with van der Waals surface area (Å²) in [6.45, 7) is 0.442. The van der Waals surface area contributed by atoms with Gasteiger partial charge in [-0.05, 0) is 30.3 Å². The molecule has 1 aliphatic heterocycles.